The summed E-state index contributed by atoms with van der Waals surface area (Å²) in [5, 5.41) is 6.71. The van der Waals surface area contributed by atoms with Crippen molar-refractivity contribution >= 4 is 11.3 Å². The van der Waals surface area contributed by atoms with Crippen molar-refractivity contribution in [2.75, 3.05) is 7.05 Å². The average molecular weight is 288 g/mol. The highest BCUT2D eigenvalue weighted by atomic mass is 32.1. The van der Waals surface area contributed by atoms with Gasteiger partial charge in [-0.1, -0.05) is 52.0 Å². The van der Waals surface area contributed by atoms with E-state index in [0.717, 1.165) is 11.4 Å². The second-order valence-electron chi connectivity index (χ2n) is 6.14. The lowest BCUT2D eigenvalue weighted by atomic mass is 9.93. The summed E-state index contributed by atoms with van der Waals surface area (Å²) in [6, 6.07) is 9.01. The Morgan fingerprint density at radius 3 is 2.30 bits per heavy atom. The van der Waals surface area contributed by atoms with E-state index in [1.165, 1.54) is 16.8 Å². The Balaban J connectivity index is 2.29. The van der Waals surface area contributed by atoms with Gasteiger partial charge >= 0.3 is 0 Å². The first kappa shape index (κ1) is 15.2. The van der Waals surface area contributed by atoms with Gasteiger partial charge in [0.25, 0.3) is 0 Å². The number of aryl methyl sites for hydroxylation is 1. The Kier molecular flexibility index (Phi) is 4.61. The lowest BCUT2D eigenvalue weighted by molar-refractivity contribution is 0.566. The van der Waals surface area contributed by atoms with Crippen molar-refractivity contribution in [1.29, 1.82) is 0 Å². The molecule has 0 aliphatic rings. The van der Waals surface area contributed by atoms with Gasteiger partial charge in [0.1, 0.15) is 5.01 Å². The molecule has 0 saturated heterocycles. The van der Waals surface area contributed by atoms with Crippen LogP contribution < -0.4 is 5.32 Å². The van der Waals surface area contributed by atoms with Gasteiger partial charge in [0.15, 0.2) is 0 Å². The van der Waals surface area contributed by atoms with E-state index < -0.39 is 0 Å². The summed E-state index contributed by atoms with van der Waals surface area (Å²) in [7, 11) is 2.00. The van der Waals surface area contributed by atoms with E-state index in [2.05, 4.69) is 62.7 Å². The maximum absolute atomic E-state index is 4.83. The minimum atomic E-state index is 0.110. The van der Waals surface area contributed by atoms with Gasteiger partial charge in [-0.3, -0.25) is 0 Å². The number of hydrogen-bond donors (Lipinski definition) is 1. The van der Waals surface area contributed by atoms with Crippen molar-refractivity contribution < 1.29 is 0 Å². The largest absolute Gasteiger partial charge is 0.307 e. The normalized spacial score (nSPS) is 13.4. The van der Waals surface area contributed by atoms with Crippen molar-refractivity contribution in [3.05, 3.63) is 51.5 Å². The summed E-state index contributed by atoms with van der Waals surface area (Å²) in [5.74, 6) is 0. The molecular weight excluding hydrogens is 264 g/mol. The van der Waals surface area contributed by atoms with Crippen LogP contribution in [0.15, 0.2) is 29.6 Å². The molecule has 108 valence electrons. The zero-order chi connectivity index (χ0) is 14.8. The van der Waals surface area contributed by atoms with Crippen LogP contribution in [-0.2, 0) is 11.8 Å². The highest BCUT2D eigenvalue weighted by Crippen LogP contribution is 2.29. The summed E-state index contributed by atoms with van der Waals surface area (Å²) in [4.78, 5) is 4.83. The maximum Gasteiger partial charge on any atom is 0.114 e. The monoisotopic (exact) mass is 288 g/mol. The Morgan fingerprint density at radius 2 is 1.85 bits per heavy atom. The molecule has 1 heterocycles. The van der Waals surface area contributed by atoms with Crippen LogP contribution in [0.1, 0.15) is 55.6 Å². The van der Waals surface area contributed by atoms with E-state index in [1.54, 1.807) is 11.3 Å². The predicted molar refractivity (Wildman–Crippen MR) is 87.5 cm³/mol. The van der Waals surface area contributed by atoms with Crippen LogP contribution in [0.3, 0.4) is 0 Å². The molecule has 0 amide bonds. The van der Waals surface area contributed by atoms with Crippen LogP contribution in [-0.4, -0.2) is 12.0 Å². The minimum absolute atomic E-state index is 0.110. The molecule has 0 aliphatic carbocycles. The van der Waals surface area contributed by atoms with Gasteiger partial charge in [0.2, 0.25) is 0 Å². The average Bonchev–Trinajstić information content (AvgIpc) is 2.90. The van der Waals surface area contributed by atoms with Crippen LogP contribution >= 0.6 is 11.3 Å². The fraction of sp³-hybridized carbons (Fsp3) is 0.471. The number of benzene rings is 1. The van der Waals surface area contributed by atoms with E-state index in [9.17, 15) is 0 Å². The first-order valence-electron chi connectivity index (χ1n) is 7.17. The molecule has 1 aromatic carbocycles. The lowest BCUT2D eigenvalue weighted by Gasteiger charge is -2.16. The molecule has 0 bridgehead atoms. The molecule has 2 rings (SSSR count). The van der Waals surface area contributed by atoms with Gasteiger partial charge in [-0.15, -0.1) is 11.3 Å². The van der Waals surface area contributed by atoms with Gasteiger partial charge in [-0.25, -0.2) is 4.98 Å². The zero-order valence-corrected chi connectivity index (χ0v) is 13.8. The number of nitrogens with zero attached hydrogens (tertiary/aromatic N) is 1. The molecule has 0 spiro atoms. The molecule has 0 fully saturated rings. The SMILES string of the molecule is CCc1ccc(C(NC)c2nc(C(C)(C)C)cs2)cc1. The van der Waals surface area contributed by atoms with Crippen molar-refractivity contribution in [3.63, 3.8) is 0 Å². The maximum atomic E-state index is 4.83. The number of thiazole rings is 1. The molecule has 1 unspecified atom stereocenters. The third kappa shape index (κ3) is 3.28. The topological polar surface area (TPSA) is 24.9 Å². The Labute approximate surface area is 126 Å². The van der Waals surface area contributed by atoms with Crippen molar-refractivity contribution in [3.8, 4) is 0 Å². The Morgan fingerprint density at radius 1 is 1.20 bits per heavy atom. The zero-order valence-electron chi connectivity index (χ0n) is 13.0. The summed E-state index contributed by atoms with van der Waals surface area (Å²) in [6.07, 6.45) is 1.08. The minimum Gasteiger partial charge on any atom is -0.307 e. The standard InChI is InChI=1S/C17H24N2S/c1-6-12-7-9-13(10-8-12)15(18-5)16-19-14(11-20-16)17(2,3)4/h7-11,15,18H,6H2,1-5H3. The molecule has 1 atom stereocenters. The number of hydrogen-bond acceptors (Lipinski definition) is 3. The van der Waals surface area contributed by atoms with Crippen LogP contribution in [0.2, 0.25) is 0 Å². The van der Waals surface area contributed by atoms with E-state index in [1.807, 2.05) is 7.05 Å². The van der Waals surface area contributed by atoms with E-state index in [-0.39, 0.29) is 11.5 Å². The molecule has 1 aromatic heterocycles. The lowest BCUT2D eigenvalue weighted by Crippen LogP contribution is -2.18. The molecule has 0 radical (unpaired) electrons. The summed E-state index contributed by atoms with van der Waals surface area (Å²) >= 11 is 1.74. The van der Waals surface area contributed by atoms with Gasteiger partial charge in [-0.2, -0.15) is 0 Å². The van der Waals surface area contributed by atoms with Crippen molar-refractivity contribution in [1.82, 2.24) is 10.3 Å². The highest BCUT2D eigenvalue weighted by Gasteiger charge is 2.21. The van der Waals surface area contributed by atoms with Crippen LogP contribution in [0.5, 0.6) is 0 Å². The van der Waals surface area contributed by atoms with E-state index in [4.69, 9.17) is 4.98 Å². The molecule has 0 saturated carbocycles. The van der Waals surface area contributed by atoms with E-state index >= 15 is 0 Å². The number of aromatic nitrogens is 1. The second-order valence-corrected chi connectivity index (χ2v) is 7.03. The molecule has 2 nitrogen and oxygen atoms in total. The molecular formula is C17H24N2S. The first-order valence-corrected chi connectivity index (χ1v) is 8.05. The summed E-state index contributed by atoms with van der Waals surface area (Å²) in [5.41, 5.74) is 3.93. The quantitative estimate of drug-likeness (QED) is 0.906. The molecule has 2 aromatic rings. The second kappa shape index (κ2) is 6.06. The summed E-state index contributed by atoms with van der Waals surface area (Å²) < 4.78 is 0. The van der Waals surface area contributed by atoms with Gasteiger partial charge in [-0.05, 0) is 24.6 Å². The first-order chi connectivity index (χ1) is 9.45. The van der Waals surface area contributed by atoms with Crippen LogP contribution in [0.4, 0.5) is 0 Å². The molecule has 3 heteroatoms. The third-order valence-electron chi connectivity index (χ3n) is 3.55. The van der Waals surface area contributed by atoms with Crippen LogP contribution in [0, 0.1) is 0 Å². The highest BCUT2D eigenvalue weighted by molar-refractivity contribution is 7.09. The number of nitrogens with one attached hydrogen (secondary N) is 1. The molecule has 1 N–H and O–H groups in total. The van der Waals surface area contributed by atoms with Gasteiger partial charge in [0.05, 0.1) is 11.7 Å². The van der Waals surface area contributed by atoms with Crippen LogP contribution in [0.25, 0.3) is 0 Å². The summed E-state index contributed by atoms with van der Waals surface area (Å²) in [6.45, 7) is 8.80. The smallest absolute Gasteiger partial charge is 0.114 e. The molecule has 0 aliphatic heterocycles. The fourth-order valence-electron chi connectivity index (χ4n) is 2.14. The molecule has 20 heavy (non-hydrogen) atoms. The van der Waals surface area contributed by atoms with E-state index in [0.29, 0.717) is 0 Å². The Bertz CT molecular complexity index is 549. The van der Waals surface area contributed by atoms with Crippen molar-refractivity contribution in [2.45, 2.75) is 45.6 Å². The fourth-order valence-corrected chi connectivity index (χ4v) is 3.32. The van der Waals surface area contributed by atoms with Gasteiger partial charge in [0, 0.05) is 10.8 Å². The van der Waals surface area contributed by atoms with Crippen molar-refractivity contribution in [2.24, 2.45) is 0 Å². The predicted octanol–water partition coefficient (Wildman–Crippen LogP) is 4.31. The number of rotatable bonds is 4. The Hall–Kier alpha value is -1.19. The third-order valence-corrected chi connectivity index (χ3v) is 4.46. The van der Waals surface area contributed by atoms with Gasteiger partial charge < -0.3 is 5.32 Å².